The van der Waals surface area contributed by atoms with Gasteiger partial charge < -0.3 is 9.32 Å². The summed E-state index contributed by atoms with van der Waals surface area (Å²) in [4.78, 5) is 15.5. The molecule has 8 heteroatoms. The number of aromatic nitrogens is 3. The number of nitrogens with zero attached hydrogens (tertiary/aromatic N) is 4. The van der Waals surface area contributed by atoms with E-state index in [0.29, 0.717) is 12.3 Å². The third-order valence-corrected chi connectivity index (χ3v) is 6.21. The van der Waals surface area contributed by atoms with Crippen molar-refractivity contribution in [3.8, 4) is 0 Å². The zero-order chi connectivity index (χ0) is 17.8. The number of carbonyl (C=O) groups is 1. The summed E-state index contributed by atoms with van der Waals surface area (Å²) in [7, 11) is 0. The Hall–Kier alpha value is -2.06. The highest BCUT2D eigenvalue weighted by atomic mass is 32.2. The summed E-state index contributed by atoms with van der Waals surface area (Å²) in [6.07, 6.45) is 4.61. The van der Waals surface area contributed by atoms with Gasteiger partial charge in [0, 0.05) is 24.4 Å². The predicted molar refractivity (Wildman–Crippen MR) is 101 cm³/mol. The third kappa shape index (κ3) is 4.02. The van der Waals surface area contributed by atoms with Crippen LogP contribution in [0, 0.1) is 0 Å². The molecule has 1 amide bonds. The first-order valence-corrected chi connectivity index (χ1v) is 10.5. The van der Waals surface area contributed by atoms with Crippen LogP contribution in [0.3, 0.4) is 0 Å². The van der Waals surface area contributed by atoms with E-state index in [1.54, 1.807) is 17.6 Å². The van der Waals surface area contributed by atoms with Crippen molar-refractivity contribution >= 4 is 29.0 Å². The minimum Gasteiger partial charge on any atom is -0.467 e. The molecule has 0 unspecified atom stereocenters. The van der Waals surface area contributed by atoms with E-state index in [2.05, 4.69) is 26.2 Å². The molecule has 1 aliphatic heterocycles. The molecule has 0 saturated carbocycles. The molecule has 136 valence electrons. The number of hydrogen-bond donors (Lipinski definition) is 0. The topological polar surface area (TPSA) is 64.2 Å². The molecule has 3 aromatic heterocycles. The van der Waals surface area contributed by atoms with Gasteiger partial charge in [-0.3, -0.25) is 9.36 Å². The molecular formula is C18H20N4O2S2. The number of carbonyl (C=O) groups excluding carboxylic acids is 1. The van der Waals surface area contributed by atoms with Crippen molar-refractivity contribution in [2.75, 3.05) is 18.8 Å². The molecule has 3 aromatic rings. The molecule has 1 fully saturated rings. The van der Waals surface area contributed by atoms with Gasteiger partial charge in [-0.05, 0) is 36.4 Å². The van der Waals surface area contributed by atoms with E-state index in [9.17, 15) is 4.79 Å². The Bertz CT molecular complexity index is 837. The Kier molecular flexibility index (Phi) is 5.40. The second-order valence-electron chi connectivity index (χ2n) is 6.20. The molecule has 0 N–H and O–H groups in total. The molecule has 4 heterocycles. The molecule has 4 rings (SSSR count). The van der Waals surface area contributed by atoms with E-state index >= 15 is 0 Å². The van der Waals surface area contributed by atoms with E-state index in [-0.39, 0.29) is 5.91 Å². The maximum atomic E-state index is 12.3. The fourth-order valence-corrected chi connectivity index (χ4v) is 4.59. The van der Waals surface area contributed by atoms with Crippen LogP contribution in [-0.4, -0.2) is 44.4 Å². The molecular weight excluding hydrogens is 368 g/mol. The van der Waals surface area contributed by atoms with Gasteiger partial charge in [0.15, 0.2) is 5.16 Å². The lowest BCUT2D eigenvalue weighted by molar-refractivity contribution is -0.127. The van der Waals surface area contributed by atoms with E-state index in [1.165, 1.54) is 16.6 Å². The van der Waals surface area contributed by atoms with Crippen molar-refractivity contribution in [2.45, 2.75) is 31.0 Å². The lowest BCUT2D eigenvalue weighted by Crippen LogP contribution is -2.29. The summed E-state index contributed by atoms with van der Waals surface area (Å²) >= 11 is 3.16. The van der Waals surface area contributed by atoms with Crippen molar-refractivity contribution in [3.05, 3.63) is 52.4 Å². The first-order chi connectivity index (χ1) is 12.8. The Labute approximate surface area is 160 Å². The second kappa shape index (κ2) is 8.09. The first kappa shape index (κ1) is 17.4. The van der Waals surface area contributed by atoms with Crippen LogP contribution in [0.4, 0.5) is 0 Å². The van der Waals surface area contributed by atoms with Crippen LogP contribution < -0.4 is 0 Å². The van der Waals surface area contributed by atoms with Crippen LogP contribution >= 0.6 is 23.1 Å². The fraction of sp³-hybridized carbons (Fsp3) is 0.389. The summed E-state index contributed by atoms with van der Waals surface area (Å²) in [6.45, 7) is 2.32. The normalized spacial score (nSPS) is 14.2. The Morgan fingerprint density at radius 3 is 2.85 bits per heavy atom. The quantitative estimate of drug-likeness (QED) is 0.581. The maximum absolute atomic E-state index is 12.3. The molecule has 0 aromatic carbocycles. The summed E-state index contributed by atoms with van der Waals surface area (Å²) in [6, 6.07) is 7.96. The summed E-state index contributed by atoms with van der Waals surface area (Å²) < 4.78 is 7.56. The van der Waals surface area contributed by atoms with Crippen LogP contribution in [0.25, 0.3) is 0 Å². The van der Waals surface area contributed by atoms with Gasteiger partial charge in [0.2, 0.25) is 5.91 Å². The van der Waals surface area contributed by atoms with Crippen LogP contribution in [0.15, 0.2) is 45.5 Å². The van der Waals surface area contributed by atoms with Gasteiger partial charge in [0.05, 0.1) is 18.6 Å². The van der Waals surface area contributed by atoms with E-state index in [4.69, 9.17) is 4.42 Å². The number of amides is 1. The summed E-state index contributed by atoms with van der Waals surface area (Å²) in [5, 5.41) is 11.5. The average Bonchev–Trinajstić information content (AvgIpc) is 3.44. The van der Waals surface area contributed by atoms with Gasteiger partial charge in [-0.25, -0.2) is 0 Å². The molecule has 26 heavy (non-hydrogen) atoms. The molecule has 0 aliphatic carbocycles. The number of furan rings is 1. The first-order valence-electron chi connectivity index (χ1n) is 8.67. The monoisotopic (exact) mass is 388 g/mol. The molecule has 0 radical (unpaired) electrons. The summed E-state index contributed by atoms with van der Waals surface area (Å²) in [5.41, 5.74) is 0. The highest BCUT2D eigenvalue weighted by molar-refractivity contribution is 7.99. The fourth-order valence-electron chi connectivity index (χ4n) is 3.03. The van der Waals surface area contributed by atoms with Crippen molar-refractivity contribution in [1.82, 2.24) is 19.7 Å². The molecule has 1 aliphatic rings. The average molecular weight is 389 g/mol. The molecule has 1 saturated heterocycles. The van der Waals surface area contributed by atoms with Gasteiger partial charge >= 0.3 is 0 Å². The van der Waals surface area contributed by atoms with E-state index in [1.807, 2.05) is 23.1 Å². The standard InChI is InChI=1S/C18H20N4O2S2/c23-17(21-7-1-2-8-21)13-26-18-20-19-16(11-15-6-4-10-25-15)22(18)12-14-5-3-9-24-14/h3-6,9-10H,1-2,7-8,11-13H2. The summed E-state index contributed by atoms with van der Waals surface area (Å²) in [5.74, 6) is 2.32. The van der Waals surface area contributed by atoms with E-state index in [0.717, 1.165) is 49.1 Å². The van der Waals surface area contributed by atoms with Crippen LogP contribution in [-0.2, 0) is 17.8 Å². The number of rotatable bonds is 7. The Morgan fingerprint density at radius 2 is 2.12 bits per heavy atom. The van der Waals surface area contributed by atoms with Gasteiger partial charge in [0.25, 0.3) is 0 Å². The molecule has 0 atom stereocenters. The predicted octanol–water partition coefficient (Wildman–Crippen LogP) is 3.29. The van der Waals surface area contributed by atoms with Gasteiger partial charge in [-0.15, -0.1) is 21.5 Å². The van der Waals surface area contributed by atoms with Gasteiger partial charge in [0.1, 0.15) is 11.6 Å². The van der Waals surface area contributed by atoms with Crippen LogP contribution in [0.1, 0.15) is 29.3 Å². The Morgan fingerprint density at radius 1 is 1.23 bits per heavy atom. The Balaban J connectivity index is 1.50. The maximum Gasteiger partial charge on any atom is 0.233 e. The van der Waals surface area contributed by atoms with Gasteiger partial charge in [-0.1, -0.05) is 17.8 Å². The van der Waals surface area contributed by atoms with Gasteiger partial charge in [-0.2, -0.15) is 0 Å². The minimum absolute atomic E-state index is 0.180. The van der Waals surface area contributed by atoms with Crippen molar-refractivity contribution in [3.63, 3.8) is 0 Å². The third-order valence-electron chi connectivity index (χ3n) is 4.38. The zero-order valence-corrected chi connectivity index (χ0v) is 16.0. The smallest absolute Gasteiger partial charge is 0.233 e. The SMILES string of the molecule is O=C(CSc1nnc(Cc2cccs2)n1Cc1ccco1)N1CCCC1. The molecule has 0 spiro atoms. The number of thioether (sulfide) groups is 1. The largest absolute Gasteiger partial charge is 0.467 e. The lowest BCUT2D eigenvalue weighted by Gasteiger charge is -2.14. The number of hydrogen-bond acceptors (Lipinski definition) is 6. The number of thiophene rings is 1. The highest BCUT2D eigenvalue weighted by Crippen LogP contribution is 2.23. The van der Waals surface area contributed by atoms with Crippen molar-refractivity contribution in [1.29, 1.82) is 0 Å². The minimum atomic E-state index is 0.180. The zero-order valence-electron chi connectivity index (χ0n) is 14.3. The van der Waals surface area contributed by atoms with Crippen LogP contribution in [0.5, 0.6) is 0 Å². The van der Waals surface area contributed by atoms with Crippen molar-refractivity contribution < 1.29 is 9.21 Å². The van der Waals surface area contributed by atoms with E-state index < -0.39 is 0 Å². The molecule has 6 nitrogen and oxygen atoms in total. The number of likely N-dealkylation sites (tertiary alicyclic amines) is 1. The van der Waals surface area contributed by atoms with Crippen LogP contribution in [0.2, 0.25) is 0 Å². The highest BCUT2D eigenvalue weighted by Gasteiger charge is 2.20. The van der Waals surface area contributed by atoms with Crippen molar-refractivity contribution in [2.24, 2.45) is 0 Å². The second-order valence-corrected chi connectivity index (χ2v) is 8.17. The lowest BCUT2D eigenvalue weighted by atomic mass is 10.3. The molecule has 0 bridgehead atoms.